The fourth-order valence-electron chi connectivity index (χ4n) is 1.03. The van der Waals surface area contributed by atoms with E-state index < -0.39 is 0 Å². The van der Waals surface area contributed by atoms with Crippen LogP contribution in [-0.4, -0.2) is 11.9 Å². The summed E-state index contributed by atoms with van der Waals surface area (Å²) in [6.45, 7) is 1.73. The van der Waals surface area contributed by atoms with Gasteiger partial charge in [0.05, 0.1) is 11.6 Å². The van der Waals surface area contributed by atoms with Crippen LogP contribution >= 0.6 is 15.9 Å². The van der Waals surface area contributed by atoms with Gasteiger partial charge in [0.25, 0.3) is 5.91 Å². The lowest BCUT2D eigenvalue weighted by Gasteiger charge is -2.09. The number of amides is 1. The van der Waals surface area contributed by atoms with E-state index in [0.29, 0.717) is 15.7 Å². The van der Waals surface area contributed by atoms with E-state index >= 15 is 0 Å². The van der Waals surface area contributed by atoms with Crippen LogP contribution in [0.1, 0.15) is 17.3 Å². The van der Waals surface area contributed by atoms with Crippen molar-refractivity contribution in [3.8, 4) is 12.3 Å². The number of terminal acetylenes is 1. The second-order valence-corrected chi connectivity index (χ2v) is 3.96. The van der Waals surface area contributed by atoms with E-state index in [9.17, 15) is 4.79 Å². The molecule has 4 heteroatoms. The average molecular weight is 267 g/mol. The van der Waals surface area contributed by atoms with Gasteiger partial charge in [-0.05, 0) is 41.1 Å². The van der Waals surface area contributed by atoms with Gasteiger partial charge >= 0.3 is 0 Å². The molecule has 78 valence electrons. The highest BCUT2D eigenvalue weighted by atomic mass is 79.9. The van der Waals surface area contributed by atoms with E-state index in [4.69, 9.17) is 12.2 Å². The molecule has 0 radical (unpaired) electrons. The molecule has 3 N–H and O–H groups in total. The number of nitrogen functional groups attached to an aromatic ring is 1. The molecule has 0 bridgehead atoms. The molecular formula is C11H11BrN2O. The van der Waals surface area contributed by atoms with Crippen molar-refractivity contribution in [2.75, 3.05) is 5.73 Å². The zero-order chi connectivity index (χ0) is 11.4. The van der Waals surface area contributed by atoms with Crippen molar-refractivity contribution in [1.29, 1.82) is 0 Å². The van der Waals surface area contributed by atoms with Crippen molar-refractivity contribution in [3.05, 3.63) is 28.2 Å². The number of anilines is 1. The zero-order valence-corrected chi connectivity index (χ0v) is 9.84. The van der Waals surface area contributed by atoms with Crippen molar-refractivity contribution in [1.82, 2.24) is 5.32 Å². The van der Waals surface area contributed by atoms with Crippen molar-refractivity contribution >= 4 is 27.5 Å². The third-order valence-corrected chi connectivity index (χ3v) is 2.52. The summed E-state index contributed by atoms with van der Waals surface area (Å²) in [5.74, 6) is 2.18. The minimum Gasteiger partial charge on any atom is -0.399 e. The highest BCUT2D eigenvalue weighted by Crippen LogP contribution is 2.19. The molecule has 0 saturated carbocycles. The Morgan fingerprint density at radius 1 is 1.67 bits per heavy atom. The Morgan fingerprint density at radius 2 is 2.33 bits per heavy atom. The van der Waals surface area contributed by atoms with Gasteiger partial charge in [0, 0.05) is 10.2 Å². The van der Waals surface area contributed by atoms with Gasteiger partial charge in [0.1, 0.15) is 0 Å². The summed E-state index contributed by atoms with van der Waals surface area (Å²) in [6.07, 6.45) is 5.17. The fourth-order valence-corrected chi connectivity index (χ4v) is 1.46. The van der Waals surface area contributed by atoms with Crippen molar-refractivity contribution < 1.29 is 4.79 Å². The molecule has 0 saturated heterocycles. The molecule has 1 aromatic rings. The smallest absolute Gasteiger partial charge is 0.253 e. The standard InChI is InChI=1S/C11H11BrN2O/c1-3-7(2)14-11(15)9-6-8(13)4-5-10(9)12/h1,4-7H,13H2,2H3,(H,14,15). The molecule has 1 amide bonds. The van der Waals surface area contributed by atoms with Gasteiger partial charge in [0.15, 0.2) is 0 Å². The van der Waals surface area contributed by atoms with E-state index in [1.165, 1.54) is 0 Å². The molecule has 1 atom stereocenters. The summed E-state index contributed by atoms with van der Waals surface area (Å²) in [6, 6.07) is 4.74. The lowest BCUT2D eigenvalue weighted by Crippen LogP contribution is -2.31. The van der Waals surface area contributed by atoms with Crippen LogP contribution in [0.3, 0.4) is 0 Å². The van der Waals surface area contributed by atoms with Crippen LogP contribution in [0.2, 0.25) is 0 Å². The Kier molecular flexibility index (Phi) is 3.75. The molecule has 0 heterocycles. The predicted octanol–water partition coefficient (Wildman–Crippen LogP) is 1.78. The Balaban J connectivity index is 2.92. The summed E-state index contributed by atoms with van der Waals surface area (Å²) >= 11 is 3.27. The monoisotopic (exact) mass is 266 g/mol. The number of rotatable bonds is 2. The second kappa shape index (κ2) is 4.85. The zero-order valence-electron chi connectivity index (χ0n) is 8.25. The second-order valence-electron chi connectivity index (χ2n) is 3.10. The summed E-state index contributed by atoms with van der Waals surface area (Å²) in [4.78, 5) is 11.7. The molecule has 0 aromatic heterocycles. The van der Waals surface area contributed by atoms with Gasteiger partial charge < -0.3 is 11.1 Å². The molecule has 0 aliphatic heterocycles. The Labute approximate surface area is 97.2 Å². The minimum atomic E-state index is -0.300. The number of carbonyl (C=O) groups excluding carboxylic acids is 1. The van der Waals surface area contributed by atoms with Crippen LogP contribution < -0.4 is 11.1 Å². The van der Waals surface area contributed by atoms with Crippen LogP contribution in [0.5, 0.6) is 0 Å². The summed E-state index contributed by atoms with van der Waals surface area (Å²) < 4.78 is 0.693. The molecule has 3 nitrogen and oxygen atoms in total. The molecule has 15 heavy (non-hydrogen) atoms. The van der Waals surface area contributed by atoms with Crippen LogP contribution in [0.25, 0.3) is 0 Å². The molecule has 1 aromatic carbocycles. The maximum absolute atomic E-state index is 11.7. The maximum atomic E-state index is 11.7. The van der Waals surface area contributed by atoms with Gasteiger partial charge in [-0.3, -0.25) is 4.79 Å². The number of halogens is 1. The topological polar surface area (TPSA) is 55.1 Å². The van der Waals surface area contributed by atoms with E-state index in [2.05, 4.69) is 27.2 Å². The molecule has 0 fully saturated rings. The Morgan fingerprint density at radius 3 is 2.93 bits per heavy atom. The first-order valence-corrected chi connectivity index (χ1v) is 5.16. The largest absolute Gasteiger partial charge is 0.399 e. The van der Waals surface area contributed by atoms with Crippen LogP contribution in [0.4, 0.5) is 5.69 Å². The van der Waals surface area contributed by atoms with E-state index in [-0.39, 0.29) is 11.9 Å². The Hall–Kier alpha value is -1.47. The quantitative estimate of drug-likeness (QED) is 0.634. The normalized spacial score (nSPS) is 11.5. The van der Waals surface area contributed by atoms with Crippen LogP contribution in [0.15, 0.2) is 22.7 Å². The number of carbonyl (C=O) groups is 1. The summed E-state index contributed by atoms with van der Waals surface area (Å²) in [5.41, 5.74) is 6.61. The Bertz CT molecular complexity index is 423. The van der Waals surface area contributed by atoms with Gasteiger partial charge in [0.2, 0.25) is 0 Å². The minimum absolute atomic E-state index is 0.236. The number of hydrogen-bond donors (Lipinski definition) is 2. The summed E-state index contributed by atoms with van der Waals surface area (Å²) in [5, 5.41) is 2.65. The molecule has 1 unspecified atom stereocenters. The third kappa shape index (κ3) is 3.00. The van der Waals surface area contributed by atoms with Crippen molar-refractivity contribution in [2.45, 2.75) is 13.0 Å². The third-order valence-electron chi connectivity index (χ3n) is 1.83. The lowest BCUT2D eigenvalue weighted by atomic mass is 10.2. The van der Waals surface area contributed by atoms with E-state index in [1.807, 2.05) is 0 Å². The predicted molar refractivity (Wildman–Crippen MR) is 64.3 cm³/mol. The van der Waals surface area contributed by atoms with Crippen molar-refractivity contribution in [2.24, 2.45) is 0 Å². The average Bonchev–Trinajstić information content (AvgIpc) is 2.21. The fraction of sp³-hybridized carbons (Fsp3) is 0.182. The molecular weight excluding hydrogens is 256 g/mol. The van der Waals surface area contributed by atoms with Gasteiger partial charge in [-0.25, -0.2) is 0 Å². The SMILES string of the molecule is C#CC(C)NC(=O)c1cc(N)ccc1Br. The molecule has 0 aliphatic carbocycles. The first-order valence-electron chi connectivity index (χ1n) is 4.36. The number of nitrogens with two attached hydrogens (primary N) is 1. The highest BCUT2D eigenvalue weighted by molar-refractivity contribution is 9.10. The van der Waals surface area contributed by atoms with Crippen LogP contribution in [0, 0.1) is 12.3 Å². The lowest BCUT2D eigenvalue weighted by molar-refractivity contribution is 0.0947. The van der Waals surface area contributed by atoms with Crippen molar-refractivity contribution in [3.63, 3.8) is 0 Å². The molecule has 1 rings (SSSR count). The van der Waals surface area contributed by atoms with E-state index in [0.717, 1.165) is 0 Å². The van der Waals surface area contributed by atoms with Gasteiger partial charge in [-0.15, -0.1) is 6.42 Å². The molecule has 0 aliphatic rings. The van der Waals surface area contributed by atoms with Gasteiger partial charge in [-0.2, -0.15) is 0 Å². The summed E-state index contributed by atoms with van der Waals surface area (Å²) in [7, 11) is 0. The highest BCUT2D eigenvalue weighted by Gasteiger charge is 2.11. The van der Waals surface area contributed by atoms with Gasteiger partial charge in [-0.1, -0.05) is 5.92 Å². The maximum Gasteiger partial charge on any atom is 0.253 e. The number of hydrogen-bond acceptors (Lipinski definition) is 2. The first-order chi connectivity index (χ1) is 7.04. The number of nitrogens with one attached hydrogen (secondary N) is 1. The number of benzene rings is 1. The molecule has 0 spiro atoms. The van der Waals surface area contributed by atoms with Crippen LogP contribution in [-0.2, 0) is 0 Å². The first kappa shape index (κ1) is 11.6. The van der Waals surface area contributed by atoms with E-state index in [1.54, 1.807) is 25.1 Å².